The summed E-state index contributed by atoms with van der Waals surface area (Å²) in [5.74, 6) is 1.64. The molecular formula is C12H20N2O3. The summed E-state index contributed by atoms with van der Waals surface area (Å²) in [6.45, 7) is 3.72. The van der Waals surface area contributed by atoms with Crippen LogP contribution in [-0.4, -0.2) is 29.2 Å². The largest absolute Gasteiger partial charge is 0.481 e. The molecule has 5 heteroatoms. The molecule has 2 amide bonds. The molecule has 96 valence electrons. The first kappa shape index (κ1) is 15.3. The third-order valence-electron chi connectivity index (χ3n) is 2.32. The van der Waals surface area contributed by atoms with Crippen LogP contribution in [0.15, 0.2) is 0 Å². The maximum absolute atomic E-state index is 11.4. The SMILES string of the molecule is C#CC(CC)NC(=O)NC(C)CCCC(=O)O. The lowest BCUT2D eigenvalue weighted by molar-refractivity contribution is -0.137. The number of rotatable bonds is 7. The lowest BCUT2D eigenvalue weighted by Crippen LogP contribution is -2.44. The monoisotopic (exact) mass is 240 g/mol. The predicted molar refractivity (Wildman–Crippen MR) is 65.5 cm³/mol. The number of nitrogens with one attached hydrogen (secondary N) is 2. The number of hydrogen-bond donors (Lipinski definition) is 3. The highest BCUT2D eigenvalue weighted by atomic mass is 16.4. The van der Waals surface area contributed by atoms with Crippen LogP contribution in [0, 0.1) is 12.3 Å². The van der Waals surface area contributed by atoms with E-state index in [1.165, 1.54) is 0 Å². The van der Waals surface area contributed by atoms with Crippen LogP contribution in [0.2, 0.25) is 0 Å². The Morgan fingerprint density at radius 1 is 1.41 bits per heavy atom. The third-order valence-corrected chi connectivity index (χ3v) is 2.32. The Bertz CT molecular complexity index is 297. The maximum Gasteiger partial charge on any atom is 0.315 e. The average molecular weight is 240 g/mol. The zero-order valence-corrected chi connectivity index (χ0v) is 10.3. The van der Waals surface area contributed by atoms with Crippen molar-refractivity contribution in [3.8, 4) is 12.3 Å². The Morgan fingerprint density at radius 2 is 2.06 bits per heavy atom. The number of urea groups is 1. The van der Waals surface area contributed by atoms with Crippen molar-refractivity contribution in [2.45, 2.75) is 51.6 Å². The molecule has 0 rings (SSSR count). The number of aliphatic carboxylic acids is 1. The number of carboxylic acid groups (broad SMARTS) is 1. The molecule has 0 aromatic heterocycles. The van der Waals surface area contributed by atoms with Crippen molar-refractivity contribution < 1.29 is 14.7 Å². The highest BCUT2D eigenvalue weighted by molar-refractivity contribution is 5.74. The molecule has 0 aliphatic heterocycles. The Hall–Kier alpha value is -1.70. The quantitative estimate of drug-likeness (QED) is 0.588. The molecule has 0 aliphatic rings. The zero-order valence-electron chi connectivity index (χ0n) is 10.3. The van der Waals surface area contributed by atoms with E-state index in [1.54, 1.807) is 0 Å². The van der Waals surface area contributed by atoms with Gasteiger partial charge in [0, 0.05) is 12.5 Å². The molecule has 0 saturated heterocycles. The van der Waals surface area contributed by atoms with E-state index in [2.05, 4.69) is 16.6 Å². The Morgan fingerprint density at radius 3 is 2.53 bits per heavy atom. The van der Waals surface area contributed by atoms with E-state index >= 15 is 0 Å². The van der Waals surface area contributed by atoms with Crippen LogP contribution in [0.3, 0.4) is 0 Å². The van der Waals surface area contributed by atoms with Gasteiger partial charge in [0.15, 0.2) is 0 Å². The summed E-state index contributed by atoms with van der Waals surface area (Å²) < 4.78 is 0. The summed E-state index contributed by atoms with van der Waals surface area (Å²) in [6, 6.07) is -0.636. The Balaban J connectivity index is 3.80. The molecule has 0 heterocycles. The van der Waals surface area contributed by atoms with Gasteiger partial charge < -0.3 is 15.7 Å². The van der Waals surface area contributed by atoms with Crippen LogP contribution in [0.4, 0.5) is 4.79 Å². The molecule has 0 bridgehead atoms. The maximum atomic E-state index is 11.4. The molecule has 2 unspecified atom stereocenters. The smallest absolute Gasteiger partial charge is 0.315 e. The minimum Gasteiger partial charge on any atom is -0.481 e. The number of amides is 2. The van der Waals surface area contributed by atoms with Gasteiger partial charge in [-0.25, -0.2) is 4.79 Å². The van der Waals surface area contributed by atoms with Crippen LogP contribution in [0.1, 0.15) is 39.5 Å². The van der Waals surface area contributed by atoms with Crippen molar-refractivity contribution in [3.63, 3.8) is 0 Å². The van der Waals surface area contributed by atoms with Crippen molar-refractivity contribution in [1.29, 1.82) is 0 Å². The lowest BCUT2D eigenvalue weighted by atomic mass is 10.1. The Labute approximate surface area is 102 Å². The highest BCUT2D eigenvalue weighted by Gasteiger charge is 2.10. The van der Waals surface area contributed by atoms with Gasteiger partial charge in [0.25, 0.3) is 0 Å². The molecule has 0 fully saturated rings. The minimum atomic E-state index is -0.819. The van der Waals surface area contributed by atoms with Gasteiger partial charge >= 0.3 is 12.0 Å². The number of terminal acetylenes is 1. The van der Waals surface area contributed by atoms with Crippen LogP contribution < -0.4 is 10.6 Å². The second-order valence-corrected chi connectivity index (χ2v) is 3.93. The van der Waals surface area contributed by atoms with Gasteiger partial charge in [-0.05, 0) is 26.2 Å². The number of carboxylic acids is 1. The molecular weight excluding hydrogens is 220 g/mol. The first-order valence-electron chi connectivity index (χ1n) is 5.74. The summed E-state index contributed by atoms with van der Waals surface area (Å²) in [5, 5.41) is 13.8. The van der Waals surface area contributed by atoms with Crippen molar-refractivity contribution in [1.82, 2.24) is 10.6 Å². The topological polar surface area (TPSA) is 78.4 Å². The first-order chi connectivity index (χ1) is 7.99. The van der Waals surface area contributed by atoms with Gasteiger partial charge in [0.05, 0.1) is 6.04 Å². The summed E-state index contributed by atoms with van der Waals surface area (Å²) in [7, 11) is 0. The lowest BCUT2D eigenvalue weighted by Gasteiger charge is -2.16. The Kier molecular flexibility index (Phi) is 7.61. The predicted octanol–water partition coefficient (Wildman–Crippen LogP) is 1.34. The molecule has 0 aromatic rings. The standard InChI is InChI=1S/C12H20N2O3/c1-4-10(5-2)14-12(17)13-9(3)7-6-8-11(15)16/h1,9-10H,5-8H2,2-3H3,(H,15,16)(H2,13,14,17). The minimum absolute atomic E-state index is 0.0652. The molecule has 0 spiro atoms. The van der Waals surface area contributed by atoms with Crippen LogP contribution in [-0.2, 0) is 4.79 Å². The zero-order chi connectivity index (χ0) is 13.3. The normalized spacial score (nSPS) is 13.2. The summed E-state index contributed by atoms with van der Waals surface area (Å²) in [4.78, 5) is 21.7. The molecule has 5 nitrogen and oxygen atoms in total. The van der Waals surface area contributed by atoms with E-state index in [0.717, 1.165) is 0 Å². The van der Waals surface area contributed by atoms with Gasteiger partial charge in [-0.3, -0.25) is 4.79 Å². The average Bonchev–Trinajstić information content (AvgIpc) is 2.25. The molecule has 2 atom stereocenters. The number of carbonyl (C=O) groups excluding carboxylic acids is 1. The van der Waals surface area contributed by atoms with Crippen LogP contribution in [0.25, 0.3) is 0 Å². The van der Waals surface area contributed by atoms with Crippen molar-refractivity contribution in [2.24, 2.45) is 0 Å². The van der Waals surface area contributed by atoms with Crippen molar-refractivity contribution in [3.05, 3.63) is 0 Å². The number of hydrogen-bond acceptors (Lipinski definition) is 2. The van der Waals surface area contributed by atoms with Gasteiger partial charge in [0.2, 0.25) is 0 Å². The third kappa shape index (κ3) is 8.14. The van der Waals surface area contributed by atoms with Gasteiger partial charge in [0.1, 0.15) is 0 Å². The van der Waals surface area contributed by atoms with Crippen LogP contribution in [0.5, 0.6) is 0 Å². The molecule has 0 aliphatic carbocycles. The van der Waals surface area contributed by atoms with E-state index in [4.69, 9.17) is 11.5 Å². The molecule has 0 saturated carbocycles. The fourth-order valence-corrected chi connectivity index (χ4v) is 1.32. The van der Waals surface area contributed by atoms with E-state index in [9.17, 15) is 9.59 Å². The van der Waals surface area contributed by atoms with Gasteiger partial charge in [-0.15, -0.1) is 6.42 Å². The van der Waals surface area contributed by atoms with Crippen molar-refractivity contribution in [2.75, 3.05) is 0 Å². The fourth-order valence-electron chi connectivity index (χ4n) is 1.32. The first-order valence-corrected chi connectivity index (χ1v) is 5.74. The van der Waals surface area contributed by atoms with Crippen molar-refractivity contribution >= 4 is 12.0 Å². The van der Waals surface area contributed by atoms with Gasteiger partial charge in [-0.2, -0.15) is 0 Å². The summed E-state index contributed by atoms with van der Waals surface area (Å²) in [5.41, 5.74) is 0. The van der Waals surface area contributed by atoms with Crippen LogP contribution >= 0.6 is 0 Å². The second-order valence-electron chi connectivity index (χ2n) is 3.93. The fraction of sp³-hybridized carbons (Fsp3) is 0.667. The summed E-state index contributed by atoms with van der Waals surface area (Å²) in [6.07, 6.45) is 7.19. The second kappa shape index (κ2) is 8.45. The summed E-state index contributed by atoms with van der Waals surface area (Å²) >= 11 is 0. The van der Waals surface area contributed by atoms with E-state index in [-0.39, 0.29) is 24.5 Å². The van der Waals surface area contributed by atoms with E-state index in [0.29, 0.717) is 19.3 Å². The van der Waals surface area contributed by atoms with Gasteiger partial charge in [-0.1, -0.05) is 12.8 Å². The molecule has 0 aromatic carbocycles. The molecule has 17 heavy (non-hydrogen) atoms. The molecule has 0 radical (unpaired) electrons. The highest BCUT2D eigenvalue weighted by Crippen LogP contribution is 2.00. The molecule has 3 N–H and O–H groups in total. The number of carbonyl (C=O) groups is 2. The van der Waals surface area contributed by atoms with E-state index < -0.39 is 5.97 Å². The van der Waals surface area contributed by atoms with E-state index in [1.807, 2.05) is 13.8 Å².